The van der Waals surface area contributed by atoms with E-state index in [0.29, 0.717) is 22.6 Å². The summed E-state index contributed by atoms with van der Waals surface area (Å²) in [5.41, 5.74) is 8.14. The predicted octanol–water partition coefficient (Wildman–Crippen LogP) is 2.38. The van der Waals surface area contributed by atoms with Crippen LogP contribution in [-0.4, -0.2) is 22.9 Å². The average Bonchev–Trinajstić information content (AvgIpc) is 2.90. The first-order valence-electron chi connectivity index (χ1n) is 6.10. The quantitative estimate of drug-likeness (QED) is 0.564. The molecule has 2 aromatic heterocycles. The summed E-state index contributed by atoms with van der Waals surface area (Å²) in [5, 5.41) is 0.780. The van der Waals surface area contributed by atoms with Gasteiger partial charge in [-0.15, -0.1) is 0 Å². The number of fused-ring (bicyclic) bond motifs is 1. The molecule has 0 saturated carbocycles. The van der Waals surface area contributed by atoms with Gasteiger partial charge in [0.2, 0.25) is 0 Å². The Labute approximate surface area is 115 Å². The van der Waals surface area contributed by atoms with Crippen LogP contribution in [0.2, 0.25) is 0 Å². The summed E-state index contributed by atoms with van der Waals surface area (Å²) in [7, 11) is 1.50. The van der Waals surface area contributed by atoms with Crippen LogP contribution >= 0.6 is 0 Å². The van der Waals surface area contributed by atoms with E-state index in [9.17, 15) is 4.79 Å². The zero-order valence-electron chi connectivity index (χ0n) is 10.9. The van der Waals surface area contributed by atoms with Crippen molar-refractivity contribution in [3.8, 4) is 5.75 Å². The molecule has 0 saturated heterocycles. The first-order valence-corrected chi connectivity index (χ1v) is 6.10. The van der Waals surface area contributed by atoms with Crippen LogP contribution in [0.5, 0.6) is 5.75 Å². The molecule has 5 heteroatoms. The number of anilines is 1. The third-order valence-electron chi connectivity index (χ3n) is 3.22. The van der Waals surface area contributed by atoms with Crippen molar-refractivity contribution in [3.05, 3.63) is 54.0 Å². The van der Waals surface area contributed by atoms with Gasteiger partial charge in [-0.05, 0) is 18.2 Å². The Balaban J connectivity index is 2.16. The van der Waals surface area contributed by atoms with Gasteiger partial charge in [0, 0.05) is 35.1 Å². The molecule has 3 rings (SSSR count). The van der Waals surface area contributed by atoms with Crippen molar-refractivity contribution in [3.63, 3.8) is 0 Å². The largest absolute Gasteiger partial charge is 0.494 e. The lowest BCUT2D eigenvalue weighted by Crippen LogP contribution is -2.05. The smallest absolute Gasteiger partial charge is 0.199 e. The minimum Gasteiger partial charge on any atom is -0.494 e. The monoisotopic (exact) mass is 267 g/mol. The maximum absolute atomic E-state index is 12.7. The zero-order chi connectivity index (χ0) is 14.1. The van der Waals surface area contributed by atoms with E-state index in [4.69, 9.17) is 10.5 Å². The van der Waals surface area contributed by atoms with Gasteiger partial charge in [0.15, 0.2) is 11.5 Å². The molecule has 0 unspecified atom stereocenters. The number of nitrogens with two attached hydrogens (primary N) is 1. The first kappa shape index (κ1) is 12.2. The summed E-state index contributed by atoms with van der Waals surface area (Å²) < 4.78 is 5.24. The highest BCUT2D eigenvalue weighted by Gasteiger charge is 2.19. The van der Waals surface area contributed by atoms with E-state index in [-0.39, 0.29) is 5.78 Å². The number of ether oxygens (including phenoxy) is 1. The van der Waals surface area contributed by atoms with E-state index in [1.807, 2.05) is 6.07 Å². The van der Waals surface area contributed by atoms with E-state index in [2.05, 4.69) is 9.97 Å². The number of methoxy groups -OCH3 is 1. The lowest BCUT2D eigenvalue weighted by molar-refractivity contribution is 0.103. The van der Waals surface area contributed by atoms with E-state index < -0.39 is 0 Å². The molecule has 3 N–H and O–H groups in total. The number of ketones is 1. The molecular formula is C15H13N3O2. The van der Waals surface area contributed by atoms with E-state index >= 15 is 0 Å². The van der Waals surface area contributed by atoms with Gasteiger partial charge in [-0.2, -0.15) is 0 Å². The van der Waals surface area contributed by atoms with Crippen LogP contribution in [0.4, 0.5) is 5.69 Å². The maximum Gasteiger partial charge on any atom is 0.199 e. The van der Waals surface area contributed by atoms with Crippen molar-refractivity contribution in [2.45, 2.75) is 0 Å². The molecule has 2 heterocycles. The molecule has 0 aliphatic rings. The molecule has 0 aliphatic heterocycles. The van der Waals surface area contributed by atoms with Crippen molar-refractivity contribution >= 4 is 22.4 Å². The predicted molar refractivity (Wildman–Crippen MR) is 76.9 cm³/mol. The minimum atomic E-state index is -0.145. The number of nitrogens with zero attached hydrogens (tertiary/aromatic N) is 1. The fourth-order valence-electron chi connectivity index (χ4n) is 2.26. The average molecular weight is 267 g/mol. The molecule has 0 aliphatic carbocycles. The van der Waals surface area contributed by atoms with Crippen molar-refractivity contribution in [1.29, 1.82) is 0 Å². The summed E-state index contributed by atoms with van der Waals surface area (Å²) in [6.45, 7) is 0. The van der Waals surface area contributed by atoms with Gasteiger partial charge in [0.05, 0.1) is 18.4 Å². The normalized spacial score (nSPS) is 10.7. The summed E-state index contributed by atoms with van der Waals surface area (Å²) >= 11 is 0. The van der Waals surface area contributed by atoms with Crippen molar-refractivity contribution in [2.75, 3.05) is 12.8 Å². The summed E-state index contributed by atoms with van der Waals surface area (Å²) in [5.74, 6) is 0.254. The fourth-order valence-corrected chi connectivity index (χ4v) is 2.26. The molecule has 0 radical (unpaired) electrons. The van der Waals surface area contributed by atoms with Gasteiger partial charge in [0.1, 0.15) is 0 Å². The number of hydrogen-bond donors (Lipinski definition) is 2. The number of pyridine rings is 1. The summed E-state index contributed by atoms with van der Waals surface area (Å²) in [4.78, 5) is 19.8. The number of benzene rings is 1. The third-order valence-corrected chi connectivity index (χ3v) is 3.22. The van der Waals surface area contributed by atoms with Crippen LogP contribution in [0.3, 0.4) is 0 Å². The number of rotatable bonds is 3. The highest BCUT2D eigenvalue weighted by atomic mass is 16.5. The maximum atomic E-state index is 12.7. The minimum absolute atomic E-state index is 0.145. The van der Waals surface area contributed by atoms with Crippen molar-refractivity contribution < 1.29 is 9.53 Å². The van der Waals surface area contributed by atoms with Gasteiger partial charge < -0.3 is 15.5 Å². The molecule has 5 nitrogen and oxygen atoms in total. The van der Waals surface area contributed by atoms with Crippen molar-refractivity contribution in [2.24, 2.45) is 0 Å². The molecule has 0 atom stereocenters. The molecule has 20 heavy (non-hydrogen) atoms. The van der Waals surface area contributed by atoms with E-state index in [1.165, 1.54) is 7.11 Å². The second-order valence-electron chi connectivity index (χ2n) is 4.38. The van der Waals surface area contributed by atoms with Crippen LogP contribution in [0.1, 0.15) is 15.9 Å². The molecular weight excluding hydrogens is 254 g/mol. The van der Waals surface area contributed by atoms with Crippen LogP contribution < -0.4 is 10.5 Å². The number of carbonyl (C=O) groups excluding carboxylic acids is 1. The summed E-state index contributed by atoms with van der Waals surface area (Å²) in [6, 6.07) is 6.96. The number of para-hydroxylation sites is 1. The highest BCUT2D eigenvalue weighted by molar-refractivity contribution is 6.17. The topological polar surface area (TPSA) is 81.0 Å². The second kappa shape index (κ2) is 4.70. The van der Waals surface area contributed by atoms with Gasteiger partial charge in [-0.25, -0.2) is 0 Å². The van der Waals surface area contributed by atoms with Crippen molar-refractivity contribution in [1.82, 2.24) is 9.97 Å². The number of carbonyl (C=O) groups is 1. The number of hydrogen-bond acceptors (Lipinski definition) is 4. The molecule has 3 aromatic rings. The molecule has 0 spiro atoms. The third kappa shape index (κ3) is 1.80. The Morgan fingerprint density at radius 2 is 2.15 bits per heavy atom. The second-order valence-corrected chi connectivity index (χ2v) is 4.38. The number of aromatic amines is 1. The van der Waals surface area contributed by atoms with Crippen LogP contribution in [-0.2, 0) is 0 Å². The van der Waals surface area contributed by atoms with Crippen LogP contribution in [0, 0.1) is 0 Å². The Kier molecular flexibility index (Phi) is 2.87. The first-order chi connectivity index (χ1) is 9.72. The lowest BCUT2D eigenvalue weighted by atomic mass is 10.0. The number of aromatic nitrogens is 2. The lowest BCUT2D eigenvalue weighted by Gasteiger charge is -2.09. The molecule has 0 amide bonds. The number of H-pyrrole nitrogens is 1. The van der Waals surface area contributed by atoms with Crippen LogP contribution in [0.15, 0.2) is 42.9 Å². The number of nitrogens with one attached hydrogen (secondary N) is 1. The molecule has 0 fully saturated rings. The van der Waals surface area contributed by atoms with Gasteiger partial charge in [-0.3, -0.25) is 9.78 Å². The van der Waals surface area contributed by atoms with Gasteiger partial charge in [0.25, 0.3) is 0 Å². The Hall–Kier alpha value is -2.82. The Morgan fingerprint density at radius 3 is 2.95 bits per heavy atom. The zero-order valence-corrected chi connectivity index (χ0v) is 10.9. The fraction of sp³-hybridized carbons (Fsp3) is 0.0667. The van der Waals surface area contributed by atoms with Gasteiger partial charge >= 0.3 is 0 Å². The highest BCUT2D eigenvalue weighted by Crippen LogP contribution is 2.29. The molecule has 1 aromatic carbocycles. The SMILES string of the molecule is COc1c(N)cccc1C(=O)c1c[nH]c2ccncc12. The number of nitrogen functional groups attached to an aromatic ring is 1. The Morgan fingerprint density at radius 1 is 1.30 bits per heavy atom. The van der Waals surface area contributed by atoms with Gasteiger partial charge in [-0.1, -0.05) is 6.07 Å². The van der Waals surface area contributed by atoms with E-state index in [1.54, 1.807) is 36.8 Å². The standard InChI is InChI=1S/C15H13N3O2/c1-20-15-9(3-2-4-12(15)16)14(19)11-8-18-13-5-6-17-7-10(11)13/h2-8,18H,16H2,1H3. The van der Waals surface area contributed by atoms with E-state index in [0.717, 1.165) is 10.9 Å². The van der Waals surface area contributed by atoms with Crippen LogP contribution in [0.25, 0.3) is 10.9 Å². The summed E-state index contributed by atoms with van der Waals surface area (Å²) in [6.07, 6.45) is 5.02. The Bertz CT molecular complexity index is 793. The molecule has 100 valence electrons. The molecule has 0 bridgehead atoms.